The Kier molecular flexibility index (Phi) is 5.18. The summed E-state index contributed by atoms with van der Waals surface area (Å²) in [6.45, 7) is 3.63. The highest BCUT2D eigenvalue weighted by molar-refractivity contribution is 5.96. The number of rotatable bonds is 4. The minimum Gasteiger partial charge on any atom is -0.487 e. The Hall–Kier alpha value is -3.03. The average molecular weight is 381 g/mol. The van der Waals surface area contributed by atoms with Crippen LogP contribution in [0, 0.1) is 6.92 Å². The van der Waals surface area contributed by atoms with E-state index >= 15 is 0 Å². The number of pyridine rings is 1. The zero-order valence-electron chi connectivity index (χ0n) is 15.8. The van der Waals surface area contributed by atoms with Crippen molar-refractivity contribution in [1.29, 1.82) is 0 Å². The summed E-state index contributed by atoms with van der Waals surface area (Å²) in [5, 5.41) is 0. The molecule has 2 aromatic heterocycles. The van der Waals surface area contributed by atoms with Crippen LogP contribution in [0.1, 0.15) is 35.4 Å². The fourth-order valence-electron chi connectivity index (χ4n) is 3.75. The first-order chi connectivity index (χ1) is 13.6. The highest BCUT2D eigenvalue weighted by atomic mass is 16.5. The number of hydrogen-bond acceptors (Lipinski definition) is 6. The molecule has 2 aromatic rings. The lowest BCUT2D eigenvalue weighted by Crippen LogP contribution is -2.47. The van der Waals surface area contributed by atoms with Crippen LogP contribution in [0.2, 0.25) is 0 Å². The lowest BCUT2D eigenvalue weighted by molar-refractivity contribution is -0.134. The van der Waals surface area contributed by atoms with Gasteiger partial charge in [-0.3, -0.25) is 19.6 Å². The van der Waals surface area contributed by atoms with Crippen molar-refractivity contribution in [2.45, 2.75) is 38.3 Å². The van der Waals surface area contributed by atoms with Crippen LogP contribution in [-0.2, 0) is 4.79 Å². The molecule has 2 fully saturated rings. The number of carbonyl (C=O) groups excluding carboxylic acids is 2. The molecule has 146 valence electrons. The Morgan fingerprint density at radius 1 is 1.14 bits per heavy atom. The van der Waals surface area contributed by atoms with Crippen LogP contribution in [0.15, 0.2) is 36.9 Å². The van der Waals surface area contributed by atoms with E-state index in [4.69, 9.17) is 4.74 Å². The normalized spacial score (nSPS) is 21.8. The molecule has 0 saturated carbocycles. The number of ether oxygens (including phenoxy) is 1. The minimum absolute atomic E-state index is 0.0109. The first kappa shape index (κ1) is 18.3. The van der Waals surface area contributed by atoms with Gasteiger partial charge in [-0.15, -0.1) is 0 Å². The van der Waals surface area contributed by atoms with Gasteiger partial charge in [0.25, 0.3) is 5.91 Å². The van der Waals surface area contributed by atoms with Gasteiger partial charge in [0.05, 0.1) is 24.6 Å². The monoisotopic (exact) mass is 381 g/mol. The topological polar surface area (TPSA) is 88.5 Å². The molecule has 0 unspecified atom stereocenters. The van der Waals surface area contributed by atoms with E-state index in [0.29, 0.717) is 18.7 Å². The summed E-state index contributed by atoms with van der Waals surface area (Å²) in [6, 6.07) is 3.07. The van der Waals surface area contributed by atoms with Crippen molar-refractivity contribution in [3.05, 3.63) is 48.3 Å². The summed E-state index contributed by atoms with van der Waals surface area (Å²) < 4.78 is 5.99. The fourth-order valence-corrected chi connectivity index (χ4v) is 3.75. The molecule has 2 atom stereocenters. The summed E-state index contributed by atoms with van der Waals surface area (Å²) in [7, 11) is 0. The van der Waals surface area contributed by atoms with Gasteiger partial charge in [0.15, 0.2) is 0 Å². The first-order valence-electron chi connectivity index (χ1n) is 9.57. The SMILES string of the molecule is Cc1cnc(C(=O)N2C[C@@H](Oc3cccnc3)C[C@H]2C(=O)N2CCCC2)cn1. The van der Waals surface area contributed by atoms with E-state index in [1.807, 2.05) is 17.9 Å². The molecule has 4 heterocycles. The van der Waals surface area contributed by atoms with Gasteiger partial charge < -0.3 is 14.5 Å². The molecule has 2 aliphatic rings. The maximum atomic E-state index is 13.1. The van der Waals surface area contributed by atoms with Gasteiger partial charge >= 0.3 is 0 Å². The van der Waals surface area contributed by atoms with Crippen LogP contribution in [0.3, 0.4) is 0 Å². The molecule has 28 heavy (non-hydrogen) atoms. The molecule has 0 spiro atoms. The zero-order chi connectivity index (χ0) is 19.5. The Morgan fingerprint density at radius 3 is 2.64 bits per heavy atom. The largest absolute Gasteiger partial charge is 0.487 e. The molecular weight excluding hydrogens is 358 g/mol. The second-order valence-electron chi connectivity index (χ2n) is 7.21. The van der Waals surface area contributed by atoms with Crippen LogP contribution in [0.25, 0.3) is 0 Å². The van der Waals surface area contributed by atoms with Crippen LogP contribution >= 0.6 is 0 Å². The van der Waals surface area contributed by atoms with E-state index < -0.39 is 6.04 Å². The standard InChI is InChI=1S/C20H23N5O3/c1-14-10-23-17(12-22-14)19(26)25-13-16(28-15-5-4-6-21-11-15)9-18(25)20(27)24-7-2-3-8-24/h4-6,10-12,16,18H,2-3,7-9,13H2,1H3/t16-,18-/m0/s1. The van der Waals surface area contributed by atoms with Gasteiger partial charge in [0.1, 0.15) is 23.6 Å². The van der Waals surface area contributed by atoms with Crippen molar-refractivity contribution in [1.82, 2.24) is 24.8 Å². The van der Waals surface area contributed by atoms with Crippen molar-refractivity contribution in [3.8, 4) is 5.75 Å². The van der Waals surface area contributed by atoms with Gasteiger partial charge in [-0.1, -0.05) is 0 Å². The van der Waals surface area contributed by atoms with Crippen LogP contribution in [0.5, 0.6) is 5.75 Å². The van der Waals surface area contributed by atoms with E-state index in [1.165, 1.54) is 6.20 Å². The van der Waals surface area contributed by atoms with E-state index in [0.717, 1.165) is 31.6 Å². The average Bonchev–Trinajstić information content (AvgIpc) is 3.39. The van der Waals surface area contributed by atoms with Crippen LogP contribution in [-0.4, -0.2) is 68.3 Å². The smallest absolute Gasteiger partial charge is 0.274 e. The number of nitrogens with zero attached hydrogens (tertiary/aromatic N) is 5. The Morgan fingerprint density at radius 2 is 1.96 bits per heavy atom. The zero-order valence-corrected chi connectivity index (χ0v) is 15.8. The lowest BCUT2D eigenvalue weighted by atomic mass is 10.1. The van der Waals surface area contributed by atoms with E-state index in [9.17, 15) is 9.59 Å². The first-order valence-corrected chi connectivity index (χ1v) is 9.57. The molecule has 0 aliphatic carbocycles. The van der Waals surface area contributed by atoms with Gasteiger partial charge in [-0.05, 0) is 31.9 Å². The maximum Gasteiger partial charge on any atom is 0.274 e. The summed E-state index contributed by atoms with van der Waals surface area (Å²) in [4.78, 5) is 42.0. The predicted molar refractivity (Wildman–Crippen MR) is 101 cm³/mol. The third kappa shape index (κ3) is 3.81. The molecular formula is C20H23N5O3. The summed E-state index contributed by atoms with van der Waals surface area (Å²) in [5.74, 6) is 0.329. The van der Waals surface area contributed by atoms with E-state index in [1.54, 1.807) is 29.6 Å². The molecule has 4 rings (SSSR count). The van der Waals surface area contributed by atoms with Crippen molar-refractivity contribution < 1.29 is 14.3 Å². The molecule has 2 saturated heterocycles. The van der Waals surface area contributed by atoms with Gasteiger partial charge in [-0.25, -0.2) is 4.98 Å². The number of likely N-dealkylation sites (tertiary alicyclic amines) is 2. The number of hydrogen-bond donors (Lipinski definition) is 0. The Bertz CT molecular complexity index is 837. The third-order valence-corrected chi connectivity index (χ3v) is 5.16. The molecule has 0 radical (unpaired) electrons. The summed E-state index contributed by atoms with van der Waals surface area (Å²) in [5.41, 5.74) is 0.979. The molecule has 0 N–H and O–H groups in total. The van der Waals surface area contributed by atoms with Gasteiger partial charge in [0, 0.05) is 31.9 Å². The van der Waals surface area contributed by atoms with Gasteiger partial charge in [-0.2, -0.15) is 0 Å². The number of aryl methyl sites for hydroxylation is 1. The molecule has 8 nitrogen and oxygen atoms in total. The van der Waals surface area contributed by atoms with Crippen LogP contribution in [0.4, 0.5) is 0 Å². The predicted octanol–water partition coefficient (Wildman–Crippen LogP) is 1.46. The highest BCUT2D eigenvalue weighted by Crippen LogP contribution is 2.26. The minimum atomic E-state index is -0.546. The number of aromatic nitrogens is 3. The molecule has 2 aliphatic heterocycles. The lowest BCUT2D eigenvalue weighted by Gasteiger charge is -2.27. The molecule has 0 bridgehead atoms. The fraction of sp³-hybridized carbons (Fsp3) is 0.450. The molecule has 2 amide bonds. The second-order valence-corrected chi connectivity index (χ2v) is 7.21. The van der Waals surface area contributed by atoms with E-state index in [2.05, 4.69) is 15.0 Å². The van der Waals surface area contributed by atoms with Crippen molar-refractivity contribution in [2.75, 3.05) is 19.6 Å². The summed E-state index contributed by atoms with van der Waals surface area (Å²) >= 11 is 0. The van der Waals surface area contributed by atoms with Crippen LogP contribution < -0.4 is 4.74 Å². The maximum absolute atomic E-state index is 13.1. The van der Waals surface area contributed by atoms with Crippen molar-refractivity contribution in [3.63, 3.8) is 0 Å². The van der Waals surface area contributed by atoms with Crippen molar-refractivity contribution in [2.24, 2.45) is 0 Å². The van der Waals surface area contributed by atoms with Gasteiger partial charge in [0.2, 0.25) is 5.91 Å². The van der Waals surface area contributed by atoms with E-state index in [-0.39, 0.29) is 23.6 Å². The molecule has 0 aromatic carbocycles. The number of amides is 2. The quantitative estimate of drug-likeness (QED) is 0.797. The Labute approximate surface area is 163 Å². The number of carbonyl (C=O) groups is 2. The second kappa shape index (κ2) is 7.92. The Balaban J connectivity index is 1.55. The van der Waals surface area contributed by atoms with Crippen molar-refractivity contribution >= 4 is 11.8 Å². The third-order valence-electron chi connectivity index (χ3n) is 5.16. The molecule has 8 heteroatoms. The highest BCUT2D eigenvalue weighted by Gasteiger charge is 2.43. The summed E-state index contributed by atoms with van der Waals surface area (Å²) in [6.07, 6.45) is 8.52.